The normalized spacial score (nSPS) is 24.4. The lowest BCUT2D eigenvalue weighted by Gasteiger charge is -2.39. The minimum Gasteiger partial charge on any atom is -0.459 e. The van der Waals surface area contributed by atoms with E-state index < -0.39 is 5.92 Å². The van der Waals surface area contributed by atoms with Crippen molar-refractivity contribution < 1.29 is 14.3 Å². The van der Waals surface area contributed by atoms with E-state index in [0.717, 1.165) is 59.1 Å². The van der Waals surface area contributed by atoms with Crippen molar-refractivity contribution >= 4 is 27.7 Å². The minimum atomic E-state index is -0.403. The molecule has 0 bridgehead atoms. The second-order valence-corrected chi connectivity index (χ2v) is 10.1. The fourth-order valence-corrected chi connectivity index (χ4v) is 5.46. The minimum absolute atomic E-state index is 0.0148. The number of carbonyl (C=O) groups is 2. The number of esters is 1. The first-order valence-electron chi connectivity index (χ1n) is 10.5. The Morgan fingerprint density at radius 1 is 1.17 bits per heavy atom. The number of carbonyl (C=O) groups excluding carboxylic acids is 2. The smallest absolute Gasteiger partial charge is 0.337 e. The van der Waals surface area contributed by atoms with Gasteiger partial charge in [0.2, 0.25) is 0 Å². The summed E-state index contributed by atoms with van der Waals surface area (Å²) in [5, 5.41) is 3.40. The van der Waals surface area contributed by atoms with Crippen LogP contribution in [0, 0.1) is 5.41 Å². The van der Waals surface area contributed by atoms with Crippen molar-refractivity contribution in [2.24, 2.45) is 5.41 Å². The van der Waals surface area contributed by atoms with Gasteiger partial charge < -0.3 is 10.1 Å². The highest BCUT2D eigenvalue weighted by Gasteiger charge is 2.44. The molecule has 1 fully saturated rings. The molecule has 154 valence electrons. The van der Waals surface area contributed by atoms with Gasteiger partial charge in [0.05, 0.1) is 5.57 Å². The van der Waals surface area contributed by atoms with Crippen molar-refractivity contribution in [1.82, 2.24) is 5.32 Å². The summed E-state index contributed by atoms with van der Waals surface area (Å²) < 4.78 is 6.78. The fraction of sp³-hybridized carbons (Fsp3) is 0.500. The maximum Gasteiger partial charge on any atom is 0.337 e. The number of dihydropyridines is 1. The van der Waals surface area contributed by atoms with Crippen molar-refractivity contribution in [1.29, 1.82) is 0 Å². The first-order valence-corrected chi connectivity index (χ1v) is 11.3. The topological polar surface area (TPSA) is 55.4 Å². The van der Waals surface area contributed by atoms with E-state index in [0.29, 0.717) is 12.0 Å². The number of nitrogens with one attached hydrogen (secondary N) is 1. The van der Waals surface area contributed by atoms with Gasteiger partial charge in [0, 0.05) is 33.8 Å². The van der Waals surface area contributed by atoms with Crippen LogP contribution >= 0.6 is 15.9 Å². The predicted octanol–water partition coefficient (Wildman–Crippen LogP) is 5.54. The Bertz CT molecular complexity index is 922. The monoisotopic (exact) mass is 457 g/mol. The molecule has 1 N–H and O–H groups in total. The molecule has 1 atom stereocenters. The third-order valence-corrected chi connectivity index (χ3v) is 6.97. The molecule has 3 aliphatic rings. The maximum absolute atomic E-state index is 13.3. The number of ether oxygens (including phenoxy) is 1. The molecule has 0 spiro atoms. The number of ketones is 1. The third-order valence-electron chi connectivity index (χ3n) is 6.25. The van der Waals surface area contributed by atoms with Gasteiger partial charge in [-0.25, -0.2) is 4.79 Å². The molecule has 0 aromatic heterocycles. The number of allylic oxidation sites excluding steroid dienone is 3. The average Bonchev–Trinajstić information content (AvgIpc) is 3.12. The summed E-state index contributed by atoms with van der Waals surface area (Å²) in [4.78, 5) is 26.6. The van der Waals surface area contributed by atoms with Crippen LogP contribution in [0.2, 0.25) is 0 Å². The van der Waals surface area contributed by atoms with Crippen molar-refractivity contribution in [2.75, 3.05) is 0 Å². The molecule has 0 saturated heterocycles. The summed E-state index contributed by atoms with van der Waals surface area (Å²) in [7, 11) is 0. The first-order chi connectivity index (χ1) is 13.8. The number of benzene rings is 1. The zero-order chi connectivity index (χ0) is 20.8. The van der Waals surface area contributed by atoms with E-state index in [1.165, 1.54) is 0 Å². The predicted molar refractivity (Wildman–Crippen MR) is 116 cm³/mol. The van der Waals surface area contributed by atoms with Crippen LogP contribution in [0.3, 0.4) is 0 Å². The Morgan fingerprint density at radius 3 is 2.55 bits per heavy atom. The van der Waals surface area contributed by atoms with Crippen molar-refractivity contribution in [3.8, 4) is 0 Å². The van der Waals surface area contributed by atoms with Crippen LogP contribution in [-0.4, -0.2) is 17.9 Å². The number of Topliss-reactive ketones (excluding diaryl/α,β-unsaturated/α-hetero) is 1. The van der Waals surface area contributed by atoms with Gasteiger partial charge in [-0.3, -0.25) is 4.79 Å². The van der Waals surface area contributed by atoms with Gasteiger partial charge in [0.15, 0.2) is 5.78 Å². The van der Waals surface area contributed by atoms with Crippen molar-refractivity contribution in [3.63, 3.8) is 0 Å². The molecular formula is C24H28BrNO3. The third kappa shape index (κ3) is 3.94. The van der Waals surface area contributed by atoms with E-state index in [9.17, 15) is 9.59 Å². The van der Waals surface area contributed by atoms with E-state index >= 15 is 0 Å². The Morgan fingerprint density at radius 2 is 1.86 bits per heavy atom. The van der Waals surface area contributed by atoms with E-state index in [1.54, 1.807) is 0 Å². The lowest BCUT2D eigenvalue weighted by molar-refractivity contribution is -0.144. The zero-order valence-electron chi connectivity index (χ0n) is 17.3. The summed E-state index contributed by atoms with van der Waals surface area (Å²) in [6.45, 7) is 6.16. The highest BCUT2D eigenvalue weighted by Crippen LogP contribution is 2.48. The average molecular weight is 458 g/mol. The molecule has 29 heavy (non-hydrogen) atoms. The standard InChI is InChI=1S/C24H28BrNO3/c1-14-20(23(28)29-15-8-4-5-9-15)21(16-10-6-7-11-17(16)25)22-18(26-14)12-24(2,3)13-19(22)27/h6-7,10-11,15,21,26H,4-5,8-9,12-13H2,1-3H3. The van der Waals surface area contributed by atoms with Crippen molar-refractivity contribution in [2.45, 2.75) is 71.3 Å². The maximum atomic E-state index is 13.3. The van der Waals surface area contributed by atoms with Crippen LogP contribution in [0.4, 0.5) is 0 Å². The number of halogens is 1. The summed E-state index contributed by atoms with van der Waals surface area (Å²) in [5.41, 5.74) is 3.87. The number of hydrogen-bond acceptors (Lipinski definition) is 4. The molecule has 1 aromatic carbocycles. The molecule has 1 aromatic rings. The van der Waals surface area contributed by atoms with Gasteiger partial charge >= 0.3 is 5.97 Å². The van der Waals surface area contributed by atoms with Gasteiger partial charge in [-0.15, -0.1) is 0 Å². The lowest BCUT2D eigenvalue weighted by atomic mass is 9.68. The Labute approximate surface area is 180 Å². The highest BCUT2D eigenvalue weighted by molar-refractivity contribution is 9.10. The van der Waals surface area contributed by atoms with Crippen molar-refractivity contribution in [3.05, 3.63) is 56.8 Å². The second-order valence-electron chi connectivity index (χ2n) is 9.26. The molecule has 0 radical (unpaired) electrons. The second kappa shape index (κ2) is 7.75. The quantitative estimate of drug-likeness (QED) is 0.605. The van der Waals surface area contributed by atoms with Gasteiger partial charge in [0.1, 0.15) is 6.10 Å². The van der Waals surface area contributed by atoms with Crippen LogP contribution in [0.5, 0.6) is 0 Å². The van der Waals surface area contributed by atoms with E-state index in [4.69, 9.17) is 4.74 Å². The van der Waals surface area contributed by atoms with Crippen LogP contribution < -0.4 is 5.32 Å². The molecular weight excluding hydrogens is 430 g/mol. The molecule has 2 aliphatic carbocycles. The fourth-order valence-electron chi connectivity index (χ4n) is 4.95. The first kappa shape index (κ1) is 20.4. The van der Waals surface area contributed by atoms with Crippen LogP contribution in [0.15, 0.2) is 51.3 Å². The van der Waals surface area contributed by atoms with Crippen LogP contribution in [0.25, 0.3) is 0 Å². The van der Waals surface area contributed by atoms with E-state index in [-0.39, 0.29) is 23.3 Å². The van der Waals surface area contributed by atoms with Gasteiger partial charge in [0.25, 0.3) is 0 Å². The molecule has 1 heterocycles. The number of rotatable bonds is 3. The summed E-state index contributed by atoms with van der Waals surface area (Å²) >= 11 is 3.65. The Kier molecular flexibility index (Phi) is 5.45. The molecule has 1 saturated carbocycles. The SMILES string of the molecule is CC1=C(C(=O)OC2CCCC2)C(c2ccccc2Br)C2=C(CC(C)(C)CC2=O)N1. The summed E-state index contributed by atoms with van der Waals surface area (Å²) in [5.74, 6) is -0.589. The number of hydrogen-bond donors (Lipinski definition) is 1. The van der Waals surface area contributed by atoms with Gasteiger partial charge in [-0.1, -0.05) is 48.0 Å². The Balaban J connectivity index is 1.80. The van der Waals surface area contributed by atoms with Crippen LogP contribution in [-0.2, 0) is 14.3 Å². The van der Waals surface area contributed by atoms with E-state index in [1.807, 2.05) is 31.2 Å². The highest BCUT2D eigenvalue weighted by atomic mass is 79.9. The summed E-state index contributed by atoms with van der Waals surface area (Å²) in [6.07, 6.45) is 5.31. The Hall–Kier alpha value is -1.88. The molecule has 4 rings (SSSR count). The van der Waals surface area contributed by atoms with Crippen LogP contribution in [0.1, 0.15) is 70.8 Å². The molecule has 5 heteroatoms. The lowest BCUT2D eigenvalue weighted by Crippen LogP contribution is -2.39. The van der Waals surface area contributed by atoms with E-state index in [2.05, 4.69) is 35.1 Å². The largest absolute Gasteiger partial charge is 0.459 e. The summed E-state index contributed by atoms with van der Waals surface area (Å²) in [6, 6.07) is 7.86. The molecule has 1 unspecified atom stereocenters. The zero-order valence-corrected chi connectivity index (χ0v) is 18.9. The molecule has 0 amide bonds. The van der Waals surface area contributed by atoms with Gasteiger partial charge in [-0.2, -0.15) is 0 Å². The molecule has 1 aliphatic heterocycles. The molecule has 4 nitrogen and oxygen atoms in total. The van der Waals surface area contributed by atoms with Gasteiger partial charge in [-0.05, 0) is 56.1 Å².